The van der Waals surface area contributed by atoms with E-state index >= 15 is 0 Å². The van der Waals surface area contributed by atoms with Crippen molar-refractivity contribution in [2.75, 3.05) is 0 Å². The van der Waals surface area contributed by atoms with Gasteiger partial charge in [0.2, 0.25) is 6.08 Å². The third-order valence-corrected chi connectivity index (χ3v) is 5.49. The molecule has 0 aliphatic heterocycles. The van der Waals surface area contributed by atoms with Crippen LogP contribution >= 0.6 is 0 Å². The minimum Gasteiger partial charge on any atom is -0.459 e. The number of hydrogen-bond donors (Lipinski definition) is 0. The number of aliphatic imine (C=N–C) groups is 1. The number of isocyanates is 1. The van der Waals surface area contributed by atoms with Crippen molar-refractivity contribution in [3.63, 3.8) is 0 Å². The molecule has 0 amide bonds. The van der Waals surface area contributed by atoms with Gasteiger partial charge < -0.3 is 4.74 Å². The highest BCUT2D eigenvalue weighted by Crippen LogP contribution is 2.50. The summed E-state index contributed by atoms with van der Waals surface area (Å²) in [6, 6.07) is 0. The van der Waals surface area contributed by atoms with Gasteiger partial charge in [0.1, 0.15) is 5.60 Å². The topological polar surface area (TPSA) is 55.7 Å². The van der Waals surface area contributed by atoms with Gasteiger partial charge in [-0.2, -0.15) is 4.99 Å². The first kappa shape index (κ1) is 17.2. The SMILES string of the molecule is CCCCCCCCC(=O)OC12CCC(N=C=O)(CC1)CC2. The van der Waals surface area contributed by atoms with Crippen LogP contribution in [0.3, 0.4) is 0 Å². The van der Waals surface area contributed by atoms with Crippen LogP contribution in [0.2, 0.25) is 0 Å². The van der Waals surface area contributed by atoms with E-state index in [1.165, 1.54) is 25.7 Å². The monoisotopic (exact) mass is 307 g/mol. The molecule has 3 aliphatic carbocycles. The van der Waals surface area contributed by atoms with Gasteiger partial charge in [0.25, 0.3) is 0 Å². The molecule has 3 aliphatic rings. The molecule has 4 heteroatoms. The summed E-state index contributed by atoms with van der Waals surface area (Å²) >= 11 is 0. The molecule has 2 bridgehead atoms. The van der Waals surface area contributed by atoms with Crippen LogP contribution in [0.15, 0.2) is 4.99 Å². The molecule has 3 saturated carbocycles. The van der Waals surface area contributed by atoms with E-state index in [0.717, 1.165) is 51.4 Å². The number of hydrogen-bond acceptors (Lipinski definition) is 4. The average Bonchev–Trinajstić information content (AvgIpc) is 2.53. The Kier molecular flexibility index (Phi) is 6.19. The van der Waals surface area contributed by atoms with E-state index in [2.05, 4.69) is 11.9 Å². The summed E-state index contributed by atoms with van der Waals surface area (Å²) in [6.07, 6.45) is 14.5. The Bertz CT molecular complexity index is 402. The van der Waals surface area contributed by atoms with Gasteiger partial charge in [0.05, 0.1) is 5.54 Å². The first-order chi connectivity index (χ1) is 10.6. The van der Waals surface area contributed by atoms with Gasteiger partial charge in [0.15, 0.2) is 0 Å². The molecular weight excluding hydrogens is 278 g/mol. The van der Waals surface area contributed by atoms with Crippen molar-refractivity contribution in [1.29, 1.82) is 0 Å². The molecule has 0 N–H and O–H groups in total. The highest BCUT2D eigenvalue weighted by atomic mass is 16.6. The molecule has 0 aromatic rings. The van der Waals surface area contributed by atoms with Gasteiger partial charge in [-0.25, -0.2) is 4.79 Å². The average molecular weight is 307 g/mol. The normalized spacial score (nSPS) is 29.9. The third kappa shape index (κ3) is 4.42. The van der Waals surface area contributed by atoms with Crippen molar-refractivity contribution in [2.24, 2.45) is 4.99 Å². The van der Waals surface area contributed by atoms with E-state index in [1.54, 1.807) is 6.08 Å². The van der Waals surface area contributed by atoms with Crippen LogP contribution in [-0.4, -0.2) is 23.2 Å². The largest absolute Gasteiger partial charge is 0.459 e. The Hall–Kier alpha value is -1.15. The van der Waals surface area contributed by atoms with Crippen LogP contribution in [0.25, 0.3) is 0 Å². The molecule has 3 fully saturated rings. The molecule has 0 aromatic heterocycles. The highest BCUT2D eigenvalue weighted by molar-refractivity contribution is 5.70. The zero-order valence-electron chi connectivity index (χ0n) is 13.9. The second kappa shape index (κ2) is 7.92. The van der Waals surface area contributed by atoms with Crippen LogP contribution in [0.5, 0.6) is 0 Å². The van der Waals surface area contributed by atoms with Crippen LogP contribution in [0.4, 0.5) is 0 Å². The second-order valence-corrected chi connectivity index (χ2v) is 7.10. The predicted molar refractivity (Wildman–Crippen MR) is 85.4 cm³/mol. The Morgan fingerprint density at radius 3 is 2.18 bits per heavy atom. The smallest absolute Gasteiger partial charge is 0.306 e. The molecule has 0 spiro atoms. The van der Waals surface area contributed by atoms with Crippen molar-refractivity contribution < 1.29 is 14.3 Å². The van der Waals surface area contributed by atoms with Crippen LogP contribution in [-0.2, 0) is 14.3 Å². The van der Waals surface area contributed by atoms with E-state index in [1.807, 2.05) is 0 Å². The lowest BCUT2D eigenvalue weighted by atomic mass is 9.63. The second-order valence-electron chi connectivity index (χ2n) is 7.10. The zero-order valence-corrected chi connectivity index (χ0v) is 13.9. The third-order valence-electron chi connectivity index (χ3n) is 5.49. The summed E-state index contributed by atoms with van der Waals surface area (Å²) in [7, 11) is 0. The number of unbranched alkanes of at least 4 members (excludes halogenated alkanes) is 5. The number of rotatable bonds is 9. The van der Waals surface area contributed by atoms with E-state index in [9.17, 15) is 9.59 Å². The Morgan fingerprint density at radius 2 is 1.59 bits per heavy atom. The van der Waals surface area contributed by atoms with Crippen molar-refractivity contribution in [2.45, 2.75) is 102 Å². The summed E-state index contributed by atoms with van der Waals surface area (Å²) < 4.78 is 5.84. The number of ether oxygens (including phenoxy) is 1. The van der Waals surface area contributed by atoms with Crippen molar-refractivity contribution in [1.82, 2.24) is 0 Å². The van der Waals surface area contributed by atoms with E-state index in [4.69, 9.17) is 4.74 Å². The number of carbonyl (C=O) groups excluding carboxylic acids is 2. The number of carbonyl (C=O) groups is 1. The van der Waals surface area contributed by atoms with Crippen LogP contribution in [0, 0.1) is 0 Å². The van der Waals surface area contributed by atoms with E-state index in [-0.39, 0.29) is 17.1 Å². The maximum atomic E-state index is 12.1. The van der Waals surface area contributed by atoms with Crippen molar-refractivity contribution in [3.8, 4) is 0 Å². The molecule has 0 atom stereocenters. The molecule has 4 nitrogen and oxygen atoms in total. The lowest BCUT2D eigenvalue weighted by Crippen LogP contribution is -2.51. The lowest BCUT2D eigenvalue weighted by Gasteiger charge is -2.50. The molecule has 3 rings (SSSR count). The Balaban J connectivity index is 1.69. The summed E-state index contributed by atoms with van der Waals surface area (Å²) in [5.74, 6) is -0.0382. The molecule has 0 aromatic carbocycles. The predicted octanol–water partition coefficient (Wildman–Crippen LogP) is 4.46. The van der Waals surface area contributed by atoms with Gasteiger partial charge in [-0.15, -0.1) is 0 Å². The Labute approximate surface area is 133 Å². The number of fused-ring (bicyclic) bond motifs is 3. The van der Waals surface area contributed by atoms with Crippen LogP contribution < -0.4 is 0 Å². The molecule has 0 unspecified atom stereocenters. The molecule has 0 heterocycles. The first-order valence-electron chi connectivity index (χ1n) is 8.95. The standard InChI is InChI=1S/C18H29NO3/c1-2-3-4-5-6-7-8-16(21)22-18-12-9-17(10-13-18,11-14-18)19-15-20/h2-14H2,1H3. The van der Waals surface area contributed by atoms with Gasteiger partial charge in [0, 0.05) is 6.42 Å². The van der Waals surface area contributed by atoms with E-state index < -0.39 is 0 Å². The maximum Gasteiger partial charge on any atom is 0.306 e. The number of esters is 1. The first-order valence-corrected chi connectivity index (χ1v) is 8.95. The molecular formula is C18H29NO3. The molecule has 0 radical (unpaired) electrons. The summed E-state index contributed by atoms with van der Waals surface area (Å²) in [5, 5.41) is 0. The fourth-order valence-corrected chi connectivity index (χ4v) is 3.89. The molecule has 0 saturated heterocycles. The number of nitrogens with zero attached hydrogens (tertiary/aromatic N) is 1. The van der Waals surface area contributed by atoms with Gasteiger partial charge in [-0.3, -0.25) is 4.79 Å². The summed E-state index contributed by atoms with van der Waals surface area (Å²) in [4.78, 5) is 26.6. The zero-order chi connectivity index (χ0) is 15.9. The van der Waals surface area contributed by atoms with Gasteiger partial charge >= 0.3 is 5.97 Å². The molecule has 124 valence electrons. The van der Waals surface area contributed by atoms with Gasteiger partial charge in [-0.1, -0.05) is 39.0 Å². The minimum absolute atomic E-state index is 0.0382. The Morgan fingerprint density at radius 1 is 1.00 bits per heavy atom. The quantitative estimate of drug-likeness (QED) is 0.273. The van der Waals surface area contributed by atoms with Crippen LogP contribution in [0.1, 0.15) is 90.4 Å². The minimum atomic E-state index is -0.264. The molecule has 22 heavy (non-hydrogen) atoms. The van der Waals surface area contributed by atoms with Crippen molar-refractivity contribution in [3.05, 3.63) is 0 Å². The lowest BCUT2D eigenvalue weighted by molar-refractivity contribution is -0.172. The highest BCUT2D eigenvalue weighted by Gasteiger charge is 2.51. The van der Waals surface area contributed by atoms with E-state index in [0.29, 0.717) is 6.42 Å². The maximum absolute atomic E-state index is 12.1. The fourth-order valence-electron chi connectivity index (χ4n) is 3.89. The van der Waals surface area contributed by atoms with Crippen molar-refractivity contribution >= 4 is 12.0 Å². The fraction of sp³-hybridized carbons (Fsp3) is 0.889. The van der Waals surface area contributed by atoms with Gasteiger partial charge in [-0.05, 0) is 44.9 Å². The summed E-state index contributed by atoms with van der Waals surface area (Å²) in [5.41, 5.74) is -0.464. The summed E-state index contributed by atoms with van der Waals surface area (Å²) in [6.45, 7) is 2.21.